The topological polar surface area (TPSA) is 327 Å². The molecule has 126 heavy (non-hydrogen) atoms. The summed E-state index contributed by atoms with van der Waals surface area (Å²) in [6.45, 7) is 16.9. The molecule has 640 valence electrons. The van der Waals surface area contributed by atoms with Gasteiger partial charge >= 0.3 is 29.8 Å². The fraction of sp³-hybridized carbons (Fsp3) is 0.180. The lowest BCUT2D eigenvalue weighted by Gasteiger charge is -2.38. The highest BCUT2D eigenvalue weighted by atomic mass is 28.3. The molecule has 0 bridgehead atoms. The molecule has 3 heterocycles. The molecule has 6 N–H and O–H groups in total. The summed E-state index contributed by atoms with van der Waals surface area (Å²) in [7, 11) is 1.37. The number of phenols is 3. The van der Waals surface area contributed by atoms with Gasteiger partial charge in [0, 0.05) is 66.4 Å². The molecule has 15 rings (SSSR count). The summed E-state index contributed by atoms with van der Waals surface area (Å²) in [4.78, 5) is 131. The number of allylic oxidation sites excluding steroid dienone is 15. The Bertz CT molecular complexity index is 6380. The van der Waals surface area contributed by atoms with E-state index in [1.54, 1.807) is 115 Å². The molecule has 2 amide bonds. The molecule has 3 aliphatic carbocycles. The number of carboxylic acids is 3. The number of ketones is 3. The van der Waals surface area contributed by atoms with Crippen LogP contribution in [0.3, 0.4) is 0 Å². The van der Waals surface area contributed by atoms with Crippen molar-refractivity contribution in [2.75, 3.05) is 76.2 Å². The Labute approximate surface area is 732 Å². The van der Waals surface area contributed by atoms with Crippen molar-refractivity contribution in [3.8, 4) is 17.2 Å². The summed E-state index contributed by atoms with van der Waals surface area (Å²) in [5.41, 5.74) is 20.7. The van der Waals surface area contributed by atoms with Gasteiger partial charge < -0.3 is 64.6 Å². The van der Waals surface area contributed by atoms with Crippen LogP contribution in [0.15, 0.2) is 269 Å². The molecule has 3 aliphatic heterocycles. The van der Waals surface area contributed by atoms with Gasteiger partial charge in [-0.3, -0.25) is 43.2 Å². The Kier molecular flexibility index (Phi) is 25.3. The number of aromatic hydroxyl groups is 3. The average molecular weight is 1740 g/mol. The van der Waals surface area contributed by atoms with E-state index in [0.717, 1.165) is 148 Å². The summed E-state index contributed by atoms with van der Waals surface area (Å²) < 4.78 is 9.46. The molecule has 9 aromatic carbocycles. The highest BCUT2D eigenvalue weighted by molar-refractivity contribution is 6.99. The number of ether oxygens (including phenoxy) is 2. The Balaban J connectivity index is 0.000000163. The molecule has 6 aliphatic rings. The number of esters is 2. The lowest BCUT2D eigenvalue weighted by atomic mass is 9.87. The number of phenolic OH excluding ortho intramolecular Hbond substituents is 3. The number of aromatic carboxylic acids is 1. The van der Waals surface area contributed by atoms with Crippen LogP contribution in [-0.4, -0.2) is 185 Å². The number of aliphatic carboxylic acids is 2. The number of rotatable bonds is 20. The van der Waals surface area contributed by atoms with Gasteiger partial charge in [-0.15, -0.1) is 0 Å². The second kappa shape index (κ2) is 35.7. The zero-order chi connectivity index (χ0) is 91.0. The predicted molar refractivity (Wildman–Crippen MR) is 496 cm³/mol. The second-order valence-electron chi connectivity index (χ2n) is 33.2. The van der Waals surface area contributed by atoms with Crippen molar-refractivity contribution in [2.24, 2.45) is 0 Å². The van der Waals surface area contributed by atoms with Gasteiger partial charge in [-0.1, -0.05) is 93.9 Å². The number of carbonyl (C=O) groups excluding carboxylic acids is 7. The number of carboxylic acid groups (broad SMARTS) is 3. The smallest absolute Gasteiger partial charge is 0.335 e. The fourth-order valence-corrected chi connectivity index (χ4v) is 26.4. The van der Waals surface area contributed by atoms with Crippen molar-refractivity contribution < 1.29 is 88.1 Å². The Hall–Kier alpha value is -14.6. The van der Waals surface area contributed by atoms with Crippen molar-refractivity contribution >= 4 is 150 Å². The quantitative estimate of drug-likeness (QED) is 0.0305. The first-order valence-corrected chi connectivity index (χ1v) is 49.5. The predicted octanol–water partition coefficient (Wildman–Crippen LogP) is 14.5. The zero-order valence-electron chi connectivity index (χ0n) is 72.2. The van der Waals surface area contributed by atoms with Gasteiger partial charge in [-0.2, -0.15) is 0 Å². The van der Waals surface area contributed by atoms with Gasteiger partial charge in [0.1, 0.15) is 67.6 Å². The number of aryl methyl sites for hydroxylation is 3. The average Bonchev–Trinajstić information content (AvgIpc) is 0.727. The highest BCUT2D eigenvalue weighted by Crippen LogP contribution is 2.48. The molecule has 9 aromatic rings. The maximum atomic E-state index is 13.5. The molecule has 0 atom stereocenters. The highest BCUT2D eigenvalue weighted by Gasteiger charge is 2.44. The van der Waals surface area contributed by atoms with Crippen molar-refractivity contribution in [2.45, 2.75) is 60.1 Å². The van der Waals surface area contributed by atoms with Crippen LogP contribution in [-0.2, 0) is 43.0 Å². The van der Waals surface area contributed by atoms with Crippen LogP contribution in [0.5, 0.6) is 17.2 Å². The normalized spacial score (nSPS) is 15.0. The van der Waals surface area contributed by atoms with E-state index in [1.807, 2.05) is 120 Å². The molecule has 0 aromatic heterocycles. The van der Waals surface area contributed by atoms with E-state index in [9.17, 15) is 78.6 Å². The first-order valence-electron chi connectivity index (χ1n) is 40.5. The number of anilines is 6. The lowest BCUT2D eigenvalue weighted by Crippen LogP contribution is -2.49. The maximum absolute atomic E-state index is 13.5. The maximum Gasteiger partial charge on any atom is 0.335 e. The van der Waals surface area contributed by atoms with Crippen LogP contribution in [0.1, 0.15) is 81.1 Å². The number of carbonyl (C=O) groups is 10. The third kappa shape index (κ3) is 17.8. The summed E-state index contributed by atoms with van der Waals surface area (Å²) in [5.74, 6) is -5.60. The molecule has 0 unspecified atom stereocenters. The summed E-state index contributed by atoms with van der Waals surface area (Å²) >= 11 is 0. The standard InChI is InChI=1S/C36H36N2O7Si.C34H32N2O7Si.C30H27NO4Si/c1-22-17-23(36(43)38(20-33(41)44-3)21-34(42)45-4)7-14-28(22)35-29-15-10-25(37(2)24-8-11-26(39)12-9-24)18-31(29)46(5,6)32-19-27(40)13-16-30(32)35;1-20-15-21(34(43)36(18-31(39)40)19-32(41)42)5-12-26(20)33-27-13-8-23(35(2)22-6-9-24(37)10-7-22)16-29(27)44(3,4)30-17-25(38)11-14-28(30)33;1-18-15-19(30(34)35)5-12-24(18)29-25-13-8-21(31(2)20-6-9-22(32)10-7-20)16-27(25)36(3,4)28-17-23(33)11-14-26(28)29/h7-19,39H,20-21H2,1-6H3;5-17,37H,18-19H2,1-4H3,(H,39,40)(H,41,42);5-17,32H,1-4H3,(H,34,35). The van der Waals surface area contributed by atoms with Gasteiger partial charge in [0.15, 0.2) is 17.3 Å². The largest absolute Gasteiger partial charge is 0.508 e. The minimum absolute atomic E-state index is 0.00700. The van der Waals surface area contributed by atoms with Crippen molar-refractivity contribution in [3.05, 3.63) is 336 Å². The Morgan fingerprint density at radius 3 is 0.841 bits per heavy atom. The molecule has 0 saturated carbocycles. The molecule has 26 heteroatoms. The van der Waals surface area contributed by atoms with Gasteiger partial charge in [-0.05, 0) is 317 Å². The van der Waals surface area contributed by atoms with Crippen molar-refractivity contribution in [1.29, 1.82) is 0 Å². The molecule has 23 nitrogen and oxygen atoms in total. The van der Waals surface area contributed by atoms with Crippen LogP contribution in [0.2, 0.25) is 39.3 Å². The van der Waals surface area contributed by atoms with E-state index in [1.165, 1.54) is 24.6 Å². The van der Waals surface area contributed by atoms with Crippen LogP contribution in [0.25, 0.3) is 16.7 Å². The van der Waals surface area contributed by atoms with Gasteiger partial charge in [0.25, 0.3) is 11.8 Å². The first kappa shape index (κ1) is 89.2. The number of methoxy groups -OCH3 is 2. The van der Waals surface area contributed by atoms with Crippen molar-refractivity contribution in [3.63, 3.8) is 0 Å². The molecular weight excluding hydrogens is 1640 g/mol. The number of nitrogens with zero attached hydrogens (tertiary/aromatic N) is 5. The number of benzene rings is 9. The summed E-state index contributed by atoms with van der Waals surface area (Å²) in [6.07, 6.45) is 15.7. The van der Waals surface area contributed by atoms with E-state index in [4.69, 9.17) is 9.47 Å². The third-order valence-corrected chi connectivity index (χ3v) is 34.6. The number of hydrogen-bond acceptors (Lipinski definition) is 18. The third-order valence-electron chi connectivity index (χ3n) is 24.1. The van der Waals surface area contributed by atoms with Crippen LogP contribution in [0, 0.1) is 20.8 Å². The number of fused-ring (bicyclic) bond motifs is 6. The van der Waals surface area contributed by atoms with Crippen LogP contribution < -0.4 is 30.3 Å². The molecule has 0 spiro atoms. The van der Waals surface area contributed by atoms with Gasteiger partial charge in [0.05, 0.1) is 19.8 Å². The second-order valence-corrected chi connectivity index (χ2v) is 46.2. The minimum Gasteiger partial charge on any atom is -0.508 e. The number of amides is 2. The van der Waals surface area contributed by atoms with Gasteiger partial charge in [0.2, 0.25) is 0 Å². The van der Waals surface area contributed by atoms with E-state index < -0.39 is 92.1 Å². The van der Waals surface area contributed by atoms with E-state index in [-0.39, 0.29) is 45.7 Å². The summed E-state index contributed by atoms with van der Waals surface area (Å²) in [6, 6.07) is 55.7. The van der Waals surface area contributed by atoms with E-state index in [2.05, 4.69) is 97.6 Å². The van der Waals surface area contributed by atoms with Crippen LogP contribution >= 0.6 is 0 Å². The molecule has 0 radical (unpaired) electrons. The first-order chi connectivity index (χ1) is 59.7. The zero-order valence-corrected chi connectivity index (χ0v) is 75.2. The minimum atomic E-state index is -2.38. The molecule has 0 saturated heterocycles. The Morgan fingerprint density at radius 1 is 0.325 bits per heavy atom. The molecule has 0 fully saturated rings. The Morgan fingerprint density at radius 2 is 0.579 bits per heavy atom. The molecular formula is C100H95N5O18Si3. The SMILES string of the molecule is COC(=O)CN(CC(=O)OC)C(=O)c1ccc(C2=C3C=CC(=O)C=C3[Si](C)(C)c3cc(N(C)c4ccc(O)cc4)ccc32)c(C)c1.Cc1cc(C(=O)N(CC(=O)O)CC(=O)O)ccc1C1=C2C=CC(=O)C=C2[Si](C)(C)c2cc(N(C)c3ccc(O)cc3)ccc21.Cc1cc(C(=O)O)ccc1C1=C2C=CC(=O)C=C2[Si](C)(C)c2cc(N(C)c3ccc(O)cc3)ccc21. The van der Waals surface area contributed by atoms with Gasteiger partial charge in [-0.25, -0.2) is 4.79 Å². The number of hydrogen-bond donors (Lipinski definition) is 6. The fourth-order valence-electron chi connectivity index (χ4n) is 17.2. The lowest BCUT2D eigenvalue weighted by molar-refractivity contribution is -0.145. The van der Waals surface area contributed by atoms with E-state index >= 15 is 0 Å². The van der Waals surface area contributed by atoms with E-state index in [0.29, 0.717) is 5.56 Å². The monoisotopic (exact) mass is 1740 g/mol. The summed E-state index contributed by atoms with van der Waals surface area (Å²) in [5, 5.41) is 63.8. The van der Waals surface area contributed by atoms with Crippen LogP contribution in [0.4, 0.5) is 34.1 Å². The van der Waals surface area contributed by atoms with Crippen molar-refractivity contribution in [1.82, 2.24) is 9.80 Å².